The van der Waals surface area contributed by atoms with Gasteiger partial charge in [0.25, 0.3) is 0 Å². The van der Waals surface area contributed by atoms with Gasteiger partial charge in [0, 0.05) is 19.8 Å². The lowest BCUT2D eigenvalue weighted by Gasteiger charge is -2.36. The van der Waals surface area contributed by atoms with E-state index in [0.717, 1.165) is 11.3 Å². The van der Waals surface area contributed by atoms with E-state index in [1.54, 1.807) is 23.0 Å². The van der Waals surface area contributed by atoms with Gasteiger partial charge in [-0.05, 0) is 17.7 Å². The normalized spacial score (nSPS) is 17.4. The predicted octanol–water partition coefficient (Wildman–Crippen LogP) is 1.47. The van der Waals surface area contributed by atoms with Crippen LogP contribution in [0.2, 0.25) is 0 Å². The van der Waals surface area contributed by atoms with Crippen LogP contribution in [0.25, 0.3) is 0 Å². The van der Waals surface area contributed by atoms with E-state index in [1.807, 2.05) is 48.5 Å². The van der Waals surface area contributed by atoms with Gasteiger partial charge in [0.15, 0.2) is 0 Å². The molecule has 1 aliphatic heterocycles. The number of likely N-dealkylation sites (N-methyl/N-ethyl adjacent to an activating group) is 1. The van der Waals surface area contributed by atoms with Crippen LogP contribution >= 0.6 is 0 Å². The molecule has 0 spiro atoms. The molecule has 3 rings (SSSR count). The summed E-state index contributed by atoms with van der Waals surface area (Å²) in [5.41, 5.74) is 1.79. The Kier molecular flexibility index (Phi) is 5.40. The summed E-state index contributed by atoms with van der Waals surface area (Å²) < 4.78 is 5.33. The van der Waals surface area contributed by atoms with Crippen molar-refractivity contribution < 1.29 is 14.3 Å². The van der Waals surface area contributed by atoms with Gasteiger partial charge in [-0.3, -0.25) is 14.6 Å². The number of nitrogens with zero attached hydrogens (tertiary/aromatic N) is 3. The molecule has 6 heteroatoms. The van der Waals surface area contributed by atoms with Crippen LogP contribution < -0.4 is 0 Å². The number of hydrogen-bond donors (Lipinski definition) is 0. The Morgan fingerprint density at radius 2 is 2.00 bits per heavy atom. The van der Waals surface area contributed by atoms with Crippen LogP contribution in [0.1, 0.15) is 11.3 Å². The van der Waals surface area contributed by atoms with Crippen molar-refractivity contribution in [3.8, 4) is 0 Å². The first kappa shape index (κ1) is 17.1. The Morgan fingerprint density at radius 3 is 2.72 bits per heavy atom. The minimum atomic E-state index is -0.616. The molecule has 130 valence electrons. The van der Waals surface area contributed by atoms with E-state index in [1.165, 1.54) is 0 Å². The lowest BCUT2D eigenvalue weighted by atomic mass is 10.1. The van der Waals surface area contributed by atoms with Crippen LogP contribution in [-0.2, 0) is 27.4 Å². The van der Waals surface area contributed by atoms with Gasteiger partial charge in [-0.1, -0.05) is 36.4 Å². The molecular formula is C19H21N3O3. The third-order valence-electron chi connectivity index (χ3n) is 4.18. The van der Waals surface area contributed by atoms with E-state index >= 15 is 0 Å². The van der Waals surface area contributed by atoms with Crippen LogP contribution in [0.5, 0.6) is 0 Å². The molecule has 1 atom stereocenters. The summed E-state index contributed by atoms with van der Waals surface area (Å²) >= 11 is 0. The van der Waals surface area contributed by atoms with Crippen molar-refractivity contribution in [3.05, 3.63) is 66.0 Å². The fourth-order valence-electron chi connectivity index (χ4n) is 2.85. The highest BCUT2D eigenvalue weighted by Gasteiger charge is 2.35. The second-order valence-electron chi connectivity index (χ2n) is 6.05. The summed E-state index contributed by atoms with van der Waals surface area (Å²) in [6.07, 6.45) is 1.70. The number of benzene rings is 1. The van der Waals surface area contributed by atoms with Crippen molar-refractivity contribution in [3.63, 3.8) is 0 Å². The summed E-state index contributed by atoms with van der Waals surface area (Å²) in [5.74, 6) is -0.311. The van der Waals surface area contributed by atoms with Gasteiger partial charge in [0.05, 0.1) is 18.8 Å². The first-order chi connectivity index (χ1) is 12.1. The summed E-state index contributed by atoms with van der Waals surface area (Å²) in [6.45, 7) is 1.02. The number of hydrogen-bond acceptors (Lipinski definition) is 4. The van der Waals surface area contributed by atoms with Crippen LogP contribution in [0, 0.1) is 0 Å². The highest BCUT2D eigenvalue weighted by atomic mass is 16.5. The molecule has 0 radical (unpaired) electrons. The lowest BCUT2D eigenvalue weighted by molar-refractivity contribution is -0.159. The molecular weight excluding hydrogens is 318 g/mol. The first-order valence-electron chi connectivity index (χ1n) is 8.21. The van der Waals surface area contributed by atoms with Gasteiger partial charge >= 0.3 is 0 Å². The zero-order chi connectivity index (χ0) is 17.6. The third-order valence-corrected chi connectivity index (χ3v) is 4.18. The average molecular weight is 339 g/mol. The van der Waals surface area contributed by atoms with Crippen LogP contribution in [0.3, 0.4) is 0 Å². The summed E-state index contributed by atoms with van der Waals surface area (Å²) in [4.78, 5) is 32.6. The molecule has 2 aromatic rings. The van der Waals surface area contributed by atoms with Gasteiger partial charge < -0.3 is 14.5 Å². The van der Waals surface area contributed by atoms with Crippen LogP contribution in [0.15, 0.2) is 54.7 Å². The largest absolute Gasteiger partial charge is 0.369 e. The molecule has 1 aromatic carbocycles. The van der Waals surface area contributed by atoms with E-state index in [-0.39, 0.29) is 25.0 Å². The second-order valence-corrected chi connectivity index (χ2v) is 6.05. The molecule has 1 saturated heterocycles. The summed E-state index contributed by atoms with van der Waals surface area (Å²) in [5, 5.41) is 0. The first-order valence-corrected chi connectivity index (χ1v) is 8.21. The maximum Gasteiger partial charge on any atom is 0.249 e. The number of aromatic nitrogens is 1. The van der Waals surface area contributed by atoms with Crippen molar-refractivity contribution in [1.29, 1.82) is 0 Å². The maximum absolute atomic E-state index is 12.9. The van der Waals surface area contributed by atoms with Gasteiger partial charge in [-0.2, -0.15) is 0 Å². The lowest BCUT2D eigenvalue weighted by Crippen LogP contribution is -2.56. The molecule has 2 amide bonds. The Bertz CT molecular complexity index is 721. The Balaban J connectivity index is 1.72. The number of carbonyl (C=O) groups excluding carboxylic acids is 2. The van der Waals surface area contributed by atoms with Crippen molar-refractivity contribution in [2.45, 2.75) is 19.1 Å². The minimum Gasteiger partial charge on any atom is -0.369 e. The number of ether oxygens (including phenoxy) is 1. The van der Waals surface area contributed by atoms with E-state index < -0.39 is 6.04 Å². The zero-order valence-electron chi connectivity index (χ0n) is 14.2. The van der Waals surface area contributed by atoms with Crippen molar-refractivity contribution in [2.75, 3.05) is 20.3 Å². The Labute approximate surface area is 147 Å². The molecule has 1 aromatic heterocycles. The molecule has 0 unspecified atom stereocenters. The molecule has 2 heterocycles. The molecule has 1 aliphatic rings. The van der Waals surface area contributed by atoms with Crippen molar-refractivity contribution >= 4 is 11.8 Å². The molecule has 0 bridgehead atoms. The SMILES string of the molecule is CN(Cc1ccccn1)C(=O)[C@@H]1COCC(=O)N1Cc1ccccc1. The van der Waals surface area contributed by atoms with Gasteiger partial charge in [-0.25, -0.2) is 0 Å². The number of rotatable bonds is 5. The van der Waals surface area contributed by atoms with E-state index in [9.17, 15) is 9.59 Å². The summed E-state index contributed by atoms with van der Waals surface area (Å²) in [7, 11) is 1.72. The van der Waals surface area contributed by atoms with Crippen LogP contribution in [-0.4, -0.2) is 52.9 Å². The van der Waals surface area contributed by atoms with Gasteiger partial charge in [0.1, 0.15) is 12.6 Å². The third kappa shape index (κ3) is 4.22. The molecule has 1 fully saturated rings. The predicted molar refractivity (Wildman–Crippen MR) is 92.3 cm³/mol. The van der Waals surface area contributed by atoms with Gasteiger partial charge in [0.2, 0.25) is 11.8 Å². The monoisotopic (exact) mass is 339 g/mol. The molecule has 0 N–H and O–H groups in total. The van der Waals surface area contributed by atoms with E-state index in [4.69, 9.17) is 4.74 Å². The average Bonchev–Trinajstić information content (AvgIpc) is 2.64. The standard InChI is InChI=1S/C19H21N3O3/c1-21(12-16-9-5-6-10-20-16)19(24)17-13-25-14-18(23)22(17)11-15-7-3-2-4-8-15/h2-10,17H,11-14H2,1H3/t17-/m0/s1. The number of carbonyl (C=O) groups is 2. The quantitative estimate of drug-likeness (QED) is 0.827. The number of morpholine rings is 1. The van der Waals surface area contributed by atoms with E-state index in [0.29, 0.717) is 13.1 Å². The topological polar surface area (TPSA) is 62.7 Å². The highest BCUT2D eigenvalue weighted by Crippen LogP contribution is 2.16. The minimum absolute atomic E-state index is 0.0145. The highest BCUT2D eigenvalue weighted by molar-refractivity contribution is 5.89. The number of pyridine rings is 1. The van der Waals surface area contributed by atoms with Crippen molar-refractivity contribution in [2.24, 2.45) is 0 Å². The maximum atomic E-state index is 12.9. The zero-order valence-corrected chi connectivity index (χ0v) is 14.2. The summed E-state index contributed by atoms with van der Waals surface area (Å²) in [6, 6.07) is 14.6. The van der Waals surface area contributed by atoms with Gasteiger partial charge in [-0.15, -0.1) is 0 Å². The fourth-order valence-corrected chi connectivity index (χ4v) is 2.85. The van der Waals surface area contributed by atoms with Crippen LogP contribution in [0.4, 0.5) is 0 Å². The van der Waals surface area contributed by atoms with Crippen molar-refractivity contribution in [1.82, 2.24) is 14.8 Å². The second kappa shape index (κ2) is 7.90. The fraction of sp³-hybridized carbons (Fsp3) is 0.316. The molecule has 25 heavy (non-hydrogen) atoms. The smallest absolute Gasteiger partial charge is 0.249 e. The molecule has 6 nitrogen and oxygen atoms in total. The Morgan fingerprint density at radius 1 is 1.24 bits per heavy atom. The Hall–Kier alpha value is -2.73. The van der Waals surface area contributed by atoms with E-state index in [2.05, 4.69) is 4.98 Å². The molecule has 0 saturated carbocycles. The molecule has 0 aliphatic carbocycles. The number of amides is 2.